The van der Waals surface area contributed by atoms with Crippen molar-refractivity contribution in [2.45, 2.75) is 85.7 Å². The molecule has 2 heterocycles. The first-order valence-corrected chi connectivity index (χ1v) is 13.0. The molecule has 1 aliphatic rings. The smallest absolute Gasteiger partial charge is 0.290 e. The summed E-state index contributed by atoms with van der Waals surface area (Å²) in [5.74, 6) is 0.311. The Kier molecular flexibility index (Phi) is 6.46. The van der Waals surface area contributed by atoms with E-state index in [1.807, 2.05) is 19.1 Å². The zero-order valence-electron chi connectivity index (χ0n) is 20.0. The largest absolute Gasteiger partial charge is 0.330 e. The Morgan fingerprint density at radius 2 is 1.94 bits per heavy atom. The van der Waals surface area contributed by atoms with Crippen LogP contribution in [0.1, 0.15) is 78.8 Å². The summed E-state index contributed by atoms with van der Waals surface area (Å²) in [5.41, 5.74) is 2.30. The highest BCUT2D eigenvalue weighted by atomic mass is 32.2. The summed E-state index contributed by atoms with van der Waals surface area (Å²) < 4.78 is 31.3. The van der Waals surface area contributed by atoms with E-state index in [2.05, 4.69) is 39.3 Å². The van der Waals surface area contributed by atoms with Crippen molar-refractivity contribution >= 4 is 21.2 Å². The van der Waals surface area contributed by atoms with Gasteiger partial charge in [-0.15, -0.1) is 0 Å². The van der Waals surface area contributed by atoms with Crippen LogP contribution in [0.25, 0.3) is 11.2 Å². The fraction of sp³-hybridized carbons (Fsp3) is 0.739. The van der Waals surface area contributed by atoms with Crippen LogP contribution < -0.4 is 10.4 Å². The Morgan fingerprint density at radius 3 is 2.55 bits per heavy atom. The first-order valence-electron chi connectivity index (χ1n) is 11.3. The van der Waals surface area contributed by atoms with Crippen LogP contribution in [-0.2, 0) is 23.6 Å². The first kappa shape index (κ1) is 24.0. The Labute approximate surface area is 186 Å². The van der Waals surface area contributed by atoms with Crippen molar-refractivity contribution in [2.75, 3.05) is 5.75 Å². The van der Waals surface area contributed by atoms with Gasteiger partial charge in [0.15, 0.2) is 5.65 Å². The van der Waals surface area contributed by atoms with Crippen LogP contribution in [0, 0.1) is 10.8 Å². The van der Waals surface area contributed by atoms with Crippen LogP contribution in [-0.4, -0.2) is 34.3 Å². The third-order valence-electron chi connectivity index (χ3n) is 6.45. The van der Waals surface area contributed by atoms with Crippen molar-refractivity contribution in [3.8, 4) is 0 Å². The molecule has 1 N–H and O–H groups in total. The van der Waals surface area contributed by atoms with Crippen molar-refractivity contribution in [1.29, 1.82) is 0 Å². The molecule has 0 aromatic carbocycles. The van der Waals surface area contributed by atoms with Crippen molar-refractivity contribution < 1.29 is 8.42 Å². The molecule has 2 atom stereocenters. The van der Waals surface area contributed by atoms with Gasteiger partial charge < -0.3 is 0 Å². The molecule has 3 rings (SSSR count). The number of pyridine rings is 1. The van der Waals surface area contributed by atoms with E-state index in [-0.39, 0.29) is 34.2 Å². The first-order chi connectivity index (χ1) is 14.2. The fourth-order valence-electron chi connectivity index (χ4n) is 4.60. The average molecular weight is 451 g/mol. The highest BCUT2D eigenvalue weighted by Gasteiger charge is 2.39. The number of aromatic nitrogens is 3. The third kappa shape index (κ3) is 5.22. The molecule has 174 valence electrons. The summed E-state index contributed by atoms with van der Waals surface area (Å²) >= 11 is 0. The Bertz CT molecular complexity index is 1110. The molecular weight excluding hydrogens is 412 g/mol. The standard InChI is InChI=1S/C23H38N4O3S/c1-8-13-31(29,30)25-19-14-16(11-12-23(19,5)6)17-9-10-18-20(24-17)26(7)21(28)27(18)15-22(2,3)4/h9-10,16,19,25H,8,11-15H2,1-7H3. The van der Waals surface area contributed by atoms with Crippen molar-refractivity contribution in [2.24, 2.45) is 17.9 Å². The SMILES string of the molecule is CCCS(=O)(=O)NC1CC(c2ccc3c(n2)n(C)c(=O)n3CC(C)(C)C)CCC1(C)C. The number of sulfonamides is 1. The maximum Gasteiger partial charge on any atom is 0.330 e. The van der Waals surface area contributed by atoms with Gasteiger partial charge in [0.25, 0.3) is 0 Å². The zero-order valence-corrected chi connectivity index (χ0v) is 20.8. The summed E-state index contributed by atoms with van der Waals surface area (Å²) in [6.45, 7) is 13.1. The number of hydrogen-bond donors (Lipinski definition) is 1. The Hall–Kier alpha value is -1.67. The van der Waals surface area contributed by atoms with E-state index < -0.39 is 10.0 Å². The summed E-state index contributed by atoms with van der Waals surface area (Å²) in [5, 5.41) is 0. The second-order valence-electron chi connectivity index (χ2n) is 11.0. The molecule has 0 saturated heterocycles. The number of rotatable bonds is 6. The topological polar surface area (TPSA) is 86.0 Å². The molecule has 2 unspecified atom stereocenters. The molecule has 0 radical (unpaired) electrons. The lowest BCUT2D eigenvalue weighted by molar-refractivity contribution is 0.170. The molecule has 1 saturated carbocycles. The van der Waals surface area contributed by atoms with Gasteiger partial charge in [0.2, 0.25) is 10.0 Å². The summed E-state index contributed by atoms with van der Waals surface area (Å²) in [4.78, 5) is 17.7. The van der Waals surface area contributed by atoms with Crippen molar-refractivity contribution in [3.63, 3.8) is 0 Å². The van der Waals surface area contributed by atoms with E-state index in [9.17, 15) is 13.2 Å². The normalized spacial score (nSPS) is 22.2. The van der Waals surface area contributed by atoms with Gasteiger partial charge in [-0.3, -0.25) is 9.13 Å². The van der Waals surface area contributed by atoms with E-state index in [0.717, 1.165) is 24.1 Å². The van der Waals surface area contributed by atoms with Gasteiger partial charge in [0.05, 0.1) is 11.3 Å². The average Bonchev–Trinajstić information content (AvgIpc) is 2.86. The number of fused-ring (bicyclic) bond motifs is 1. The van der Waals surface area contributed by atoms with Crippen LogP contribution in [0.15, 0.2) is 16.9 Å². The molecule has 2 aromatic heterocycles. The number of imidazole rings is 1. The van der Waals surface area contributed by atoms with Crippen molar-refractivity contribution in [1.82, 2.24) is 18.8 Å². The fourth-order valence-corrected chi connectivity index (χ4v) is 6.11. The van der Waals surface area contributed by atoms with Gasteiger partial charge in [0, 0.05) is 31.2 Å². The molecule has 7 nitrogen and oxygen atoms in total. The minimum Gasteiger partial charge on any atom is -0.290 e. The zero-order chi connectivity index (χ0) is 23.2. The summed E-state index contributed by atoms with van der Waals surface area (Å²) in [7, 11) is -1.52. The molecule has 2 aromatic rings. The predicted octanol–water partition coefficient (Wildman–Crippen LogP) is 3.77. The molecule has 0 aliphatic heterocycles. The second kappa shape index (κ2) is 8.35. The third-order valence-corrected chi connectivity index (χ3v) is 8.04. The van der Waals surface area contributed by atoms with E-state index in [1.165, 1.54) is 0 Å². The van der Waals surface area contributed by atoms with Crippen LogP contribution in [0.3, 0.4) is 0 Å². The molecule has 31 heavy (non-hydrogen) atoms. The predicted molar refractivity (Wildman–Crippen MR) is 126 cm³/mol. The molecule has 8 heteroatoms. The minimum atomic E-state index is -3.29. The number of aryl methyl sites for hydroxylation is 1. The van der Waals surface area contributed by atoms with E-state index in [1.54, 1.807) is 16.2 Å². The number of hydrogen-bond acceptors (Lipinski definition) is 4. The van der Waals surface area contributed by atoms with Gasteiger partial charge in [-0.25, -0.2) is 22.9 Å². The molecule has 0 amide bonds. The van der Waals surface area contributed by atoms with Gasteiger partial charge in [-0.05, 0) is 48.6 Å². The quantitative estimate of drug-likeness (QED) is 0.726. The summed E-state index contributed by atoms with van der Waals surface area (Å²) in [6, 6.07) is 3.89. The Morgan fingerprint density at radius 1 is 1.26 bits per heavy atom. The molecule has 1 fully saturated rings. The van der Waals surface area contributed by atoms with Gasteiger partial charge >= 0.3 is 5.69 Å². The van der Waals surface area contributed by atoms with Crippen LogP contribution in [0.4, 0.5) is 0 Å². The monoisotopic (exact) mass is 450 g/mol. The maximum atomic E-state index is 12.8. The van der Waals surface area contributed by atoms with Crippen LogP contribution in [0.2, 0.25) is 0 Å². The number of nitrogens with one attached hydrogen (secondary N) is 1. The van der Waals surface area contributed by atoms with E-state index in [0.29, 0.717) is 25.0 Å². The highest BCUT2D eigenvalue weighted by Crippen LogP contribution is 2.42. The van der Waals surface area contributed by atoms with E-state index >= 15 is 0 Å². The lowest BCUT2D eigenvalue weighted by Gasteiger charge is -2.42. The maximum absolute atomic E-state index is 12.8. The van der Waals surface area contributed by atoms with Crippen LogP contribution in [0.5, 0.6) is 0 Å². The van der Waals surface area contributed by atoms with Crippen LogP contribution >= 0.6 is 0 Å². The highest BCUT2D eigenvalue weighted by molar-refractivity contribution is 7.89. The molecule has 1 aliphatic carbocycles. The van der Waals surface area contributed by atoms with Gasteiger partial charge in [0.1, 0.15) is 0 Å². The molecular formula is C23H38N4O3S. The second-order valence-corrected chi connectivity index (χ2v) is 12.9. The Balaban J connectivity index is 1.93. The van der Waals surface area contributed by atoms with E-state index in [4.69, 9.17) is 4.98 Å². The van der Waals surface area contributed by atoms with Crippen molar-refractivity contribution in [3.05, 3.63) is 28.3 Å². The van der Waals surface area contributed by atoms with Gasteiger partial charge in [-0.1, -0.05) is 41.5 Å². The van der Waals surface area contributed by atoms with Gasteiger partial charge in [-0.2, -0.15) is 0 Å². The molecule has 0 spiro atoms. The number of nitrogens with zero attached hydrogens (tertiary/aromatic N) is 3. The lowest BCUT2D eigenvalue weighted by atomic mass is 9.69. The molecule has 0 bridgehead atoms. The minimum absolute atomic E-state index is 0.0192. The summed E-state index contributed by atoms with van der Waals surface area (Å²) in [6.07, 6.45) is 3.18. The lowest BCUT2D eigenvalue weighted by Crippen LogP contribution is -2.48.